The van der Waals surface area contributed by atoms with Gasteiger partial charge in [0.1, 0.15) is 5.51 Å². The molecular weight excluding hydrogens is 224 g/mol. The average Bonchev–Trinajstić information content (AvgIpc) is 2.81. The van der Waals surface area contributed by atoms with E-state index in [4.69, 9.17) is 0 Å². The maximum absolute atomic E-state index is 11.9. The predicted molar refractivity (Wildman–Crippen MR) is 63.9 cm³/mol. The molecule has 0 spiro atoms. The van der Waals surface area contributed by atoms with E-state index in [-0.39, 0.29) is 5.91 Å². The van der Waals surface area contributed by atoms with Crippen molar-refractivity contribution in [1.82, 2.24) is 10.2 Å². The van der Waals surface area contributed by atoms with Gasteiger partial charge < -0.3 is 5.32 Å². The molecule has 0 aliphatic rings. The summed E-state index contributed by atoms with van der Waals surface area (Å²) in [6.07, 6.45) is 0. The van der Waals surface area contributed by atoms with Crippen molar-refractivity contribution in [3.63, 3.8) is 0 Å². The summed E-state index contributed by atoms with van der Waals surface area (Å²) in [5, 5.41) is 13.5. The number of carbonyl (C=O) groups is 1. The van der Waals surface area contributed by atoms with E-state index in [2.05, 4.69) is 20.8 Å². The molecule has 16 heavy (non-hydrogen) atoms. The van der Waals surface area contributed by atoms with Crippen molar-refractivity contribution >= 4 is 28.1 Å². The van der Waals surface area contributed by atoms with Gasteiger partial charge in [0.15, 0.2) is 0 Å². The molecule has 82 valence electrons. The SMILES string of the molecule is CNc1ccccc1C(=O)Nc1nncs1. The second-order valence-corrected chi connectivity index (χ2v) is 3.83. The van der Waals surface area contributed by atoms with Gasteiger partial charge in [0.05, 0.1) is 5.56 Å². The molecule has 2 aromatic rings. The lowest BCUT2D eigenvalue weighted by atomic mass is 10.1. The van der Waals surface area contributed by atoms with E-state index in [0.717, 1.165) is 5.69 Å². The van der Waals surface area contributed by atoms with Crippen LogP contribution in [0.5, 0.6) is 0 Å². The van der Waals surface area contributed by atoms with Crippen molar-refractivity contribution in [2.45, 2.75) is 0 Å². The van der Waals surface area contributed by atoms with Crippen LogP contribution in [0.1, 0.15) is 10.4 Å². The minimum Gasteiger partial charge on any atom is -0.387 e. The molecule has 0 radical (unpaired) electrons. The maximum atomic E-state index is 11.9. The number of para-hydroxylation sites is 1. The molecule has 0 aliphatic carbocycles. The van der Waals surface area contributed by atoms with Gasteiger partial charge in [-0.05, 0) is 12.1 Å². The normalized spacial score (nSPS) is 9.81. The summed E-state index contributed by atoms with van der Waals surface area (Å²) in [5.74, 6) is -0.193. The molecular formula is C10H10N4OS. The van der Waals surface area contributed by atoms with Gasteiger partial charge in [-0.25, -0.2) is 0 Å². The lowest BCUT2D eigenvalue weighted by Gasteiger charge is -2.07. The minimum atomic E-state index is -0.193. The highest BCUT2D eigenvalue weighted by Gasteiger charge is 2.11. The van der Waals surface area contributed by atoms with Gasteiger partial charge in [0.2, 0.25) is 5.13 Å². The van der Waals surface area contributed by atoms with Crippen molar-refractivity contribution in [3.8, 4) is 0 Å². The van der Waals surface area contributed by atoms with Gasteiger partial charge in [-0.2, -0.15) is 0 Å². The molecule has 6 heteroatoms. The first-order valence-corrected chi connectivity index (χ1v) is 5.53. The molecule has 5 nitrogen and oxygen atoms in total. The quantitative estimate of drug-likeness (QED) is 0.850. The lowest BCUT2D eigenvalue weighted by molar-refractivity contribution is 0.102. The number of aromatic nitrogens is 2. The third kappa shape index (κ3) is 2.17. The van der Waals surface area contributed by atoms with Gasteiger partial charge in [-0.15, -0.1) is 10.2 Å². The number of hydrogen-bond donors (Lipinski definition) is 2. The fourth-order valence-electron chi connectivity index (χ4n) is 1.29. The standard InChI is InChI=1S/C10H10N4OS/c1-11-8-5-3-2-4-7(8)9(15)13-10-14-12-6-16-10/h2-6,11H,1H3,(H,13,14,15). The number of carbonyl (C=O) groups excluding carboxylic acids is 1. The molecule has 2 rings (SSSR count). The minimum absolute atomic E-state index is 0.193. The largest absolute Gasteiger partial charge is 0.387 e. The number of anilines is 2. The van der Waals surface area contributed by atoms with Gasteiger partial charge in [0, 0.05) is 12.7 Å². The molecule has 0 atom stereocenters. The number of benzene rings is 1. The number of amides is 1. The molecule has 0 unspecified atom stereocenters. The monoisotopic (exact) mass is 234 g/mol. The van der Waals surface area contributed by atoms with Crippen LogP contribution in [0.2, 0.25) is 0 Å². The van der Waals surface area contributed by atoms with Gasteiger partial charge in [-0.1, -0.05) is 23.5 Å². The number of hydrogen-bond acceptors (Lipinski definition) is 5. The Labute approximate surface area is 96.5 Å². The lowest BCUT2D eigenvalue weighted by Crippen LogP contribution is -2.13. The Hall–Kier alpha value is -1.95. The molecule has 1 aromatic carbocycles. The van der Waals surface area contributed by atoms with Gasteiger partial charge in [-0.3, -0.25) is 10.1 Å². The van der Waals surface area contributed by atoms with E-state index in [9.17, 15) is 4.79 Å². The summed E-state index contributed by atoms with van der Waals surface area (Å²) >= 11 is 1.28. The molecule has 2 N–H and O–H groups in total. The molecule has 0 bridgehead atoms. The van der Waals surface area contributed by atoms with Gasteiger partial charge in [0.25, 0.3) is 5.91 Å². The van der Waals surface area contributed by atoms with E-state index in [1.54, 1.807) is 18.6 Å². The number of rotatable bonds is 3. The van der Waals surface area contributed by atoms with Crippen LogP contribution in [-0.2, 0) is 0 Å². The zero-order valence-electron chi connectivity index (χ0n) is 8.60. The third-order valence-electron chi connectivity index (χ3n) is 2.02. The van der Waals surface area contributed by atoms with Crippen LogP contribution in [-0.4, -0.2) is 23.2 Å². The summed E-state index contributed by atoms with van der Waals surface area (Å²) in [7, 11) is 1.77. The average molecular weight is 234 g/mol. The van der Waals surface area contributed by atoms with Crippen molar-refractivity contribution in [3.05, 3.63) is 35.3 Å². The summed E-state index contributed by atoms with van der Waals surface area (Å²) in [4.78, 5) is 11.9. The topological polar surface area (TPSA) is 66.9 Å². The van der Waals surface area contributed by atoms with E-state index >= 15 is 0 Å². The van der Waals surface area contributed by atoms with E-state index in [1.807, 2.05) is 18.2 Å². The molecule has 0 fully saturated rings. The highest BCUT2D eigenvalue weighted by molar-refractivity contribution is 7.13. The fraction of sp³-hybridized carbons (Fsp3) is 0.100. The molecule has 1 heterocycles. The Kier molecular flexibility index (Phi) is 3.11. The van der Waals surface area contributed by atoms with Crippen LogP contribution in [0, 0.1) is 0 Å². The van der Waals surface area contributed by atoms with Crippen LogP contribution in [0.25, 0.3) is 0 Å². The summed E-state index contributed by atoms with van der Waals surface area (Å²) < 4.78 is 0. The van der Waals surface area contributed by atoms with Crippen LogP contribution in [0.3, 0.4) is 0 Å². The first kappa shape index (κ1) is 10.6. The zero-order chi connectivity index (χ0) is 11.4. The maximum Gasteiger partial charge on any atom is 0.259 e. The first-order valence-electron chi connectivity index (χ1n) is 4.65. The molecule has 1 amide bonds. The first-order chi connectivity index (χ1) is 7.81. The number of nitrogens with zero attached hydrogens (tertiary/aromatic N) is 2. The summed E-state index contributed by atoms with van der Waals surface area (Å²) in [6.45, 7) is 0. The zero-order valence-corrected chi connectivity index (χ0v) is 9.41. The molecule has 1 aromatic heterocycles. The van der Waals surface area contributed by atoms with E-state index in [1.165, 1.54) is 11.3 Å². The highest BCUT2D eigenvalue weighted by atomic mass is 32.1. The summed E-state index contributed by atoms with van der Waals surface area (Å²) in [6, 6.07) is 7.28. The molecule has 0 saturated heterocycles. The summed E-state index contributed by atoms with van der Waals surface area (Å²) in [5.41, 5.74) is 2.93. The third-order valence-corrected chi connectivity index (χ3v) is 2.63. The smallest absolute Gasteiger partial charge is 0.259 e. The van der Waals surface area contributed by atoms with E-state index < -0.39 is 0 Å². The Bertz CT molecular complexity index is 483. The Balaban J connectivity index is 2.21. The molecule has 0 aliphatic heterocycles. The van der Waals surface area contributed by atoms with Crippen LogP contribution in [0.15, 0.2) is 29.8 Å². The van der Waals surface area contributed by atoms with Crippen molar-refractivity contribution in [2.75, 3.05) is 17.7 Å². The van der Waals surface area contributed by atoms with E-state index in [0.29, 0.717) is 10.7 Å². The van der Waals surface area contributed by atoms with Crippen molar-refractivity contribution < 1.29 is 4.79 Å². The Morgan fingerprint density at radius 3 is 2.88 bits per heavy atom. The van der Waals surface area contributed by atoms with Crippen molar-refractivity contribution in [1.29, 1.82) is 0 Å². The van der Waals surface area contributed by atoms with Crippen LogP contribution >= 0.6 is 11.3 Å². The van der Waals surface area contributed by atoms with Gasteiger partial charge >= 0.3 is 0 Å². The second kappa shape index (κ2) is 4.71. The highest BCUT2D eigenvalue weighted by Crippen LogP contribution is 2.17. The number of nitrogens with one attached hydrogen (secondary N) is 2. The second-order valence-electron chi connectivity index (χ2n) is 2.99. The van der Waals surface area contributed by atoms with Crippen LogP contribution < -0.4 is 10.6 Å². The Morgan fingerprint density at radius 1 is 1.38 bits per heavy atom. The predicted octanol–water partition coefficient (Wildman–Crippen LogP) is 1.83. The Morgan fingerprint density at radius 2 is 2.19 bits per heavy atom. The fourth-order valence-corrected chi connectivity index (χ4v) is 1.73. The van der Waals surface area contributed by atoms with Crippen LogP contribution in [0.4, 0.5) is 10.8 Å². The van der Waals surface area contributed by atoms with Crippen molar-refractivity contribution in [2.24, 2.45) is 0 Å². The molecule has 0 saturated carbocycles.